The third kappa shape index (κ3) is 2.22. The Morgan fingerprint density at radius 3 is 2.83 bits per heavy atom. The van der Waals surface area contributed by atoms with E-state index >= 15 is 0 Å². The fourth-order valence-corrected chi connectivity index (χ4v) is 2.69. The van der Waals surface area contributed by atoms with Crippen molar-refractivity contribution in [3.05, 3.63) is 65.3 Å². The first-order chi connectivity index (χ1) is 8.83. The molecule has 0 spiro atoms. The van der Waals surface area contributed by atoms with Crippen LogP contribution in [0.25, 0.3) is 10.1 Å². The number of benzene rings is 2. The molecule has 0 aliphatic heterocycles. The Morgan fingerprint density at radius 1 is 1.06 bits per heavy atom. The van der Waals surface area contributed by atoms with Crippen LogP contribution in [0.3, 0.4) is 0 Å². The molecule has 0 saturated heterocycles. The Morgan fingerprint density at radius 2 is 1.94 bits per heavy atom. The lowest BCUT2D eigenvalue weighted by Gasteiger charge is -2.07. The summed E-state index contributed by atoms with van der Waals surface area (Å²) in [5.41, 5.74) is 1.70. The maximum absolute atomic E-state index is 13.5. The quantitative estimate of drug-likeness (QED) is 0.720. The fourth-order valence-electron chi connectivity index (χ4n) is 1.92. The van der Waals surface area contributed by atoms with Crippen LogP contribution in [-0.2, 0) is 6.54 Å². The van der Waals surface area contributed by atoms with Crippen molar-refractivity contribution in [2.45, 2.75) is 6.54 Å². The Labute approximate surface area is 109 Å². The monoisotopic (exact) mass is 257 g/mol. The molecule has 18 heavy (non-hydrogen) atoms. The largest absolute Gasteiger partial charge is 0.381 e. The maximum Gasteiger partial charge on any atom is 0.128 e. The van der Waals surface area contributed by atoms with Gasteiger partial charge >= 0.3 is 0 Å². The summed E-state index contributed by atoms with van der Waals surface area (Å²) in [6.07, 6.45) is 0. The Balaban J connectivity index is 1.78. The molecule has 1 heterocycles. The van der Waals surface area contributed by atoms with Crippen molar-refractivity contribution in [1.29, 1.82) is 0 Å². The standard InChI is InChI=1S/C15H12FNS/c16-14-4-2-1-3-12(14)10-17-13-5-6-15-11(9-13)7-8-18-15/h1-9,17H,10H2. The highest BCUT2D eigenvalue weighted by atomic mass is 32.1. The zero-order valence-corrected chi connectivity index (χ0v) is 10.5. The summed E-state index contributed by atoms with van der Waals surface area (Å²) in [6.45, 7) is 0.502. The normalized spacial score (nSPS) is 10.7. The van der Waals surface area contributed by atoms with Crippen LogP contribution in [0.15, 0.2) is 53.9 Å². The van der Waals surface area contributed by atoms with Crippen molar-refractivity contribution in [2.75, 3.05) is 5.32 Å². The van der Waals surface area contributed by atoms with Gasteiger partial charge in [0.2, 0.25) is 0 Å². The summed E-state index contributed by atoms with van der Waals surface area (Å²) in [7, 11) is 0. The topological polar surface area (TPSA) is 12.0 Å². The molecule has 0 fully saturated rings. The van der Waals surface area contributed by atoms with E-state index in [1.807, 2.05) is 12.1 Å². The van der Waals surface area contributed by atoms with E-state index < -0.39 is 0 Å². The number of hydrogen-bond acceptors (Lipinski definition) is 2. The molecule has 1 N–H and O–H groups in total. The summed E-state index contributed by atoms with van der Waals surface area (Å²) in [6, 6.07) is 15.1. The van der Waals surface area contributed by atoms with Gasteiger partial charge in [-0.3, -0.25) is 0 Å². The molecule has 2 aromatic carbocycles. The summed E-state index contributed by atoms with van der Waals surface area (Å²) in [5.74, 6) is -0.165. The molecule has 3 aromatic rings. The van der Waals surface area contributed by atoms with Gasteiger partial charge in [-0.1, -0.05) is 18.2 Å². The van der Waals surface area contributed by atoms with Crippen LogP contribution >= 0.6 is 11.3 Å². The van der Waals surface area contributed by atoms with Gasteiger partial charge in [-0.05, 0) is 41.1 Å². The highest BCUT2D eigenvalue weighted by Gasteiger charge is 2.01. The first kappa shape index (κ1) is 11.2. The molecular formula is C15H12FNS. The lowest BCUT2D eigenvalue weighted by Crippen LogP contribution is -2.01. The van der Waals surface area contributed by atoms with Crippen LogP contribution in [0.4, 0.5) is 10.1 Å². The van der Waals surface area contributed by atoms with Crippen LogP contribution < -0.4 is 5.32 Å². The van der Waals surface area contributed by atoms with Gasteiger partial charge in [0.25, 0.3) is 0 Å². The minimum Gasteiger partial charge on any atom is -0.381 e. The minimum absolute atomic E-state index is 0.165. The van der Waals surface area contributed by atoms with Crippen molar-refractivity contribution >= 4 is 27.1 Å². The number of hydrogen-bond donors (Lipinski definition) is 1. The summed E-state index contributed by atoms with van der Waals surface area (Å²) < 4.78 is 14.7. The second-order valence-electron chi connectivity index (χ2n) is 4.12. The lowest BCUT2D eigenvalue weighted by atomic mass is 10.2. The maximum atomic E-state index is 13.5. The van der Waals surface area contributed by atoms with E-state index in [1.165, 1.54) is 16.2 Å². The molecule has 90 valence electrons. The van der Waals surface area contributed by atoms with Gasteiger partial charge in [-0.15, -0.1) is 11.3 Å². The van der Waals surface area contributed by atoms with Gasteiger partial charge in [0, 0.05) is 22.5 Å². The van der Waals surface area contributed by atoms with E-state index in [-0.39, 0.29) is 5.82 Å². The van der Waals surface area contributed by atoms with E-state index in [0.29, 0.717) is 12.1 Å². The molecular weight excluding hydrogens is 245 g/mol. The zero-order valence-electron chi connectivity index (χ0n) is 9.69. The van der Waals surface area contributed by atoms with Crippen molar-refractivity contribution in [1.82, 2.24) is 0 Å². The SMILES string of the molecule is Fc1ccccc1CNc1ccc2sccc2c1. The lowest BCUT2D eigenvalue weighted by molar-refractivity contribution is 0.613. The molecule has 0 aliphatic rings. The van der Waals surface area contributed by atoms with Crippen LogP contribution in [0.5, 0.6) is 0 Å². The van der Waals surface area contributed by atoms with Gasteiger partial charge < -0.3 is 5.32 Å². The van der Waals surface area contributed by atoms with Gasteiger partial charge in [0.1, 0.15) is 5.82 Å². The third-order valence-electron chi connectivity index (χ3n) is 2.89. The summed E-state index contributed by atoms with van der Waals surface area (Å²) in [4.78, 5) is 0. The Bertz CT molecular complexity index is 675. The smallest absolute Gasteiger partial charge is 0.128 e. The van der Waals surface area contributed by atoms with E-state index in [4.69, 9.17) is 0 Å². The third-order valence-corrected chi connectivity index (χ3v) is 3.79. The van der Waals surface area contributed by atoms with Crippen molar-refractivity contribution < 1.29 is 4.39 Å². The van der Waals surface area contributed by atoms with Gasteiger partial charge in [-0.25, -0.2) is 4.39 Å². The first-order valence-electron chi connectivity index (χ1n) is 5.77. The van der Waals surface area contributed by atoms with Crippen molar-refractivity contribution in [3.8, 4) is 0 Å². The molecule has 1 nitrogen and oxygen atoms in total. The average molecular weight is 257 g/mol. The molecule has 0 saturated carbocycles. The van der Waals surface area contributed by atoms with Crippen LogP contribution in [0.2, 0.25) is 0 Å². The molecule has 0 unspecified atom stereocenters. The predicted octanol–water partition coefficient (Wildman–Crippen LogP) is 4.65. The number of thiophene rings is 1. The predicted molar refractivity (Wildman–Crippen MR) is 75.6 cm³/mol. The van der Waals surface area contributed by atoms with E-state index in [1.54, 1.807) is 23.5 Å². The highest BCUT2D eigenvalue weighted by molar-refractivity contribution is 7.17. The molecule has 0 atom stereocenters. The molecule has 1 aromatic heterocycles. The molecule has 0 bridgehead atoms. The number of fused-ring (bicyclic) bond motifs is 1. The van der Waals surface area contributed by atoms with E-state index in [2.05, 4.69) is 28.9 Å². The molecule has 3 rings (SSSR count). The van der Waals surface area contributed by atoms with Gasteiger partial charge in [0.05, 0.1) is 0 Å². The minimum atomic E-state index is -0.165. The zero-order chi connectivity index (χ0) is 12.4. The van der Waals surface area contributed by atoms with E-state index in [9.17, 15) is 4.39 Å². The molecule has 3 heteroatoms. The Hall–Kier alpha value is -1.87. The second-order valence-corrected chi connectivity index (χ2v) is 5.07. The molecule has 0 aliphatic carbocycles. The number of anilines is 1. The van der Waals surface area contributed by atoms with Crippen LogP contribution in [-0.4, -0.2) is 0 Å². The van der Waals surface area contributed by atoms with Crippen molar-refractivity contribution in [3.63, 3.8) is 0 Å². The molecule has 0 radical (unpaired) electrons. The Kier molecular flexibility index (Phi) is 2.99. The van der Waals surface area contributed by atoms with Gasteiger partial charge in [0.15, 0.2) is 0 Å². The van der Waals surface area contributed by atoms with Crippen molar-refractivity contribution in [2.24, 2.45) is 0 Å². The highest BCUT2D eigenvalue weighted by Crippen LogP contribution is 2.24. The summed E-state index contributed by atoms with van der Waals surface area (Å²) in [5, 5.41) is 6.54. The first-order valence-corrected chi connectivity index (χ1v) is 6.65. The number of rotatable bonds is 3. The van der Waals surface area contributed by atoms with Gasteiger partial charge in [-0.2, -0.15) is 0 Å². The average Bonchev–Trinajstić information content (AvgIpc) is 2.85. The number of halogens is 1. The van der Waals surface area contributed by atoms with E-state index in [0.717, 1.165) is 5.69 Å². The second kappa shape index (κ2) is 4.78. The van der Waals surface area contributed by atoms with Crippen LogP contribution in [0.1, 0.15) is 5.56 Å². The molecule has 0 amide bonds. The summed E-state index contributed by atoms with van der Waals surface area (Å²) >= 11 is 1.73. The fraction of sp³-hybridized carbons (Fsp3) is 0.0667. The number of nitrogens with one attached hydrogen (secondary N) is 1. The van der Waals surface area contributed by atoms with Crippen LogP contribution in [0, 0.1) is 5.82 Å².